The number of hydrogen-bond acceptors (Lipinski definition) is 7. The lowest BCUT2D eigenvalue weighted by Gasteiger charge is -2.16. The molecule has 0 radical (unpaired) electrons. The van der Waals surface area contributed by atoms with Gasteiger partial charge in [0.05, 0.1) is 6.61 Å². The largest absolute Gasteiger partial charge is 0.396 e. The highest BCUT2D eigenvalue weighted by molar-refractivity contribution is 7.99. The third kappa shape index (κ3) is 3.46. The number of anilines is 2. The van der Waals surface area contributed by atoms with Crippen LogP contribution in [0.15, 0.2) is 5.16 Å². The van der Waals surface area contributed by atoms with Crippen LogP contribution in [-0.2, 0) is 0 Å². The molecule has 0 spiro atoms. The second-order valence-electron chi connectivity index (χ2n) is 4.04. The maximum Gasteiger partial charge on any atom is 0.231 e. The Balaban J connectivity index is 2.17. The summed E-state index contributed by atoms with van der Waals surface area (Å²) in [6, 6.07) is 0. The van der Waals surface area contributed by atoms with Crippen LogP contribution < -0.4 is 10.2 Å². The van der Waals surface area contributed by atoms with Crippen molar-refractivity contribution in [2.75, 3.05) is 42.2 Å². The molecule has 6 nitrogen and oxygen atoms in total. The standard InChI is InChI=1S/C11H19N5OS/c1-2-12-9-13-10(16-5-3-4-6-16)15-11(14-9)18-8-7-17/h17H,2-8H2,1H3,(H,12,13,14,15). The molecule has 0 bridgehead atoms. The summed E-state index contributed by atoms with van der Waals surface area (Å²) in [5.41, 5.74) is 0. The molecule has 0 aromatic carbocycles. The topological polar surface area (TPSA) is 74.2 Å². The van der Waals surface area contributed by atoms with Crippen molar-refractivity contribution in [3.8, 4) is 0 Å². The highest BCUT2D eigenvalue weighted by Crippen LogP contribution is 2.21. The Morgan fingerprint density at radius 3 is 2.72 bits per heavy atom. The van der Waals surface area contributed by atoms with Gasteiger partial charge in [-0.1, -0.05) is 11.8 Å². The van der Waals surface area contributed by atoms with Crippen LogP contribution >= 0.6 is 11.8 Å². The van der Waals surface area contributed by atoms with Gasteiger partial charge in [0, 0.05) is 25.4 Å². The van der Waals surface area contributed by atoms with Crippen molar-refractivity contribution in [1.29, 1.82) is 0 Å². The van der Waals surface area contributed by atoms with Gasteiger partial charge in [-0.2, -0.15) is 15.0 Å². The molecule has 1 fully saturated rings. The predicted molar refractivity (Wildman–Crippen MR) is 73.2 cm³/mol. The Labute approximate surface area is 111 Å². The summed E-state index contributed by atoms with van der Waals surface area (Å²) in [4.78, 5) is 15.4. The summed E-state index contributed by atoms with van der Waals surface area (Å²) in [6.07, 6.45) is 2.39. The number of nitrogens with one attached hydrogen (secondary N) is 1. The number of nitrogens with zero attached hydrogens (tertiary/aromatic N) is 4. The van der Waals surface area contributed by atoms with Crippen LogP contribution in [0.3, 0.4) is 0 Å². The smallest absolute Gasteiger partial charge is 0.231 e. The Morgan fingerprint density at radius 2 is 2.06 bits per heavy atom. The molecule has 7 heteroatoms. The summed E-state index contributed by atoms with van der Waals surface area (Å²) in [5.74, 6) is 1.98. The van der Waals surface area contributed by atoms with E-state index in [4.69, 9.17) is 5.11 Å². The van der Waals surface area contributed by atoms with E-state index in [1.807, 2.05) is 6.92 Å². The molecule has 1 aromatic rings. The average molecular weight is 269 g/mol. The molecule has 0 aliphatic carbocycles. The number of rotatable bonds is 6. The SMILES string of the molecule is CCNc1nc(SCCO)nc(N2CCCC2)n1. The molecule has 2 N–H and O–H groups in total. The van der Waals surface area contributed by atoms with Crippen molar-refractivity contribution >= 4 is 23.7 Å². The van der Waals surface area contributed by atoms with Crippen molar-refractivity contribution in [1.82, 2.24) is 15.0 Å². The van der Waals surface area contributed by atoms with E-state index in [2.05, 4.69) is 25.2 Å². The van der Waals surface area contributed by atoms with E-state index in [0.29, 0.717) is 16.9 Å². The number of aliphatic hydroxyl groups is 1. The van der Waals surface area contributed by atoms with Gasteiger partial charge in [0.15, 0.2) is 5.16 Å². The molecule has 1 saturated heterocycles. The molecule has 2 rings (SSSR count). The second kappa shape index (κ2) is 6.75. The summed E-state index contributed by atoms with van der Waals surface area (Å²) in [6.45, 7) is 4.96. The summed E-state index contributed by atoms with van der Waals surface area (Å²) in [7, 11) is 0. The minimum Gasteiger partial charge on any atom is -0.396 e. The van der Waals surface area contributed by atoms with Gasteiger partial charge in [-0.25, -0.2) is 0 Å². The van der Waals surface area contributed by atoms with Crippen LogP contribution in [0.2, 0.25) is 0 Å². The maximum absolute atomic E-state index is 8.86. The van der Waals surface area contributed by atoms with Crippen molar-refractivity contribution in [3.05, 3.63) is 0 Å². The van der Waals surface area contributed by atoms with Crippen molar-refractivity contribution < 1.29 is 5.11 Å². The van der Waals surface area contributed by atoms with Crippen molar-refractivity contribution in [3.63, 3.8) is 0 Å². The first kappa shape index (κ1) is 13.4. The predicted octanol–water partition coefficient (Wildman–Crippen LogP) is 0.988. The molecule has 100 valence electrons. The van der Waals surface area contributed by atoms with Crippen LogP contribution in [0.4, 0.5) is 11.9 Å². The zero-order chi connectivity index (χ0) is 12.8. The number of hydrogen-bond donors (Lipinski definition) is 2. The molecule has 0 amide bonds. The van der Waals surface area contributed by atoms with E-state index in [-0.39, 0.29) is 6.61 Å². The highest BCUT2D eigenvalue weighted by atomic mass is 32.2. The lowest BCUT2D eigenvalue weighted by molar-refractivity contribution is 0.322. The average Bonchev–Trinajstić information content (AvgIpc) is 2.90. The fourth-order valence-electron chi connectivity index (χ4n) is 1.84. The first-order valence-electron chi connectivity index (χ1n) is 6.32. The molecule has 2 heterocycles. The minimum absolute atomic E-state index is 0.131. The summed E-state index contributed by atoms with van der Waals surface area (Å²) < 4.78 is 0. The second-order valence-corrected chi connectivity index (χ2v) is 5.10. The zero-order valence-electron chi connectivity index (χ0n) is 10.6. The van der Waals surface area contributed by atoms with Gasteiger partial charge in [-0.05, 0) is 19.8 Å². The molecule has 0 atom stereocenters. The number of aromatic nitrogens is 3. The van der Waals surface area contributed by atoms with E-state index in [1.54, 1.807) is 0 Å². The van der Waals surface area contributed by atoms with Gasteiger partial charge in [-0.15, -0.1) is 0 Å². The lowest BCUT2D eigenvalue weighted by Crippen LogP contribution is -2.22. The van der Waals surface area contributed by atoms with Gasteiger partial charge in [-0.3, -0.25) is 0 Å². The highest BCUT2D eigenvalue weighted by Gasteiger charge is 2.17. The normalized spacial score (nSPS) is 15.1. The first-order valence-corrected chi connectivity index (χ1v) is 7.30. The monoisotopic (exact) mass is 269 g/mol. The zero-order valence-corrected chi connectivity index (χ0v) is 11.4. The number of aliphatic hydroxyl groups excluding tert-OH is 1. The first-order chi connectivity index (χ1) is 8.83. The Hall–Kier alpha value is -1.08. The van der Waals surface area contributed by atoms with E-state index in [9.17, 15) is 0 Å². The molecule has 1 aromatic heterocycles. The molecule has 1 aliphatic heterocycles. The van der Waals surface area contributed by atoms with Crippen LogP contribution in [0.5, 0.6) is 0 Å². The minimum atomic E-state index is 0.131. The van der Waals surface area contributed by atoms with Crippen molar-refractivity contribution in [2.45, 2.75) is 24.9 Å². The van der Waals surface area contributed by atoms with Gasteiger partial charge in [0.2, 0.25) is 11.9 Å². The molecule has 0 unspecified atom stereocenters. The van der Waals surface area contributed by atoms with Gasteiger partial charge in [0.1, 0.15) is 0 Å². The molecule has 1 aliphatic rings. The molecular weight excluding hydrogens is 250 g/mol. The van der Waals surface area contributed by atoms with Crippen LogP contribution in [0.1, 0.15) is 19.8 Å². The van der Waals surface area contributed by atoms with Crippen LogP contribution in [0, 0.1) is 0 Å². The quantitative estimate of drug-likeness (QED) is 0.746. The van der Waals surface area contributed by atoms with Gasteiger partial charge in [0.25, 0.3) is 0 Å². The Bertz CT molecular complexity index is 384. The van der Waals surface area contributed by atoms with E-state index >= 15 is 0 Å². The van der Waals surface area contributed by atoms with Crippen LogP contribution in [-0.4, -0.2) is 52.1 Å². The van der Waals surface area contributed by atoms with E-state index in [1.165, 1.54) is 24.6 Å². The van der Waals surface area contributed by atoms with E-state index < -0.39 is 0 Å². The fourth-order valence-corrected chi connectivity index (χ4v) is 2.41. The maximum atomic E-state index is 8.86. The fraction of sp³-hybridized carbons (Fsp3) is 0.727. The number of thioether (sulfide) groups is 1. The lowest BCUT2D eigenvalue weighted by atomic mass is 10.4. The molecular formula is C11H19N5OS. The van der Waals surface area contributed by atoms with Gasteiger partial charge >= 0.3 is 0 Å². The molecule has 18 heavy (non-hydrogen) atoms. The van der Waals surface area contributed by atoms with Crippen molar-refractivity contribution in [2.24, 2.45) is 0 Å². The van der Waals surface area contributed by atoms with Gasteiger partial charge < -0.3 is 15.3 Å². The Kier molecular flexibility index (Phi) is 5.00. The van der Waals surface area contributed by atoms with E-state index in [0.717, 1.165) is 25.6 Å². The summed E-state index contributed by atoms with van der Waals surface area (Å²) in [5, 5.41) is 12.7. The summed E-state index contributed by atoms with van der Waals surface area (Å²) >= 11 is 1.45. The third-order valence-electron chi connectivity index (χ3n) is 2.65. The van der Waals surface area contributed by atoms with Crippen LogP contribution in [0.25, 0.3) is 0 Å². The Morgan fingerprint density at radius 1 is 1.28 bits per heavy atom. The molecule has 0 saturated carbocycles. The third-order valence-corrected chi connectivity index (χ3v) is 3.48.